The minimum atomic E-state index is -0.397. The molecule has 6 heteroatoms. The van der Waals surface area contributed by atoms with Gasteiger partial charge in [0.05, 0.1) is 35.4 Å². The summed E-state index contributed by atoms with van der Waals surface area (Å²) in [6.07, 6.45) is 8.99. The van der Waals surface area contributed by atoms with Crippen molar-refractivity contribution in [3.05, 3.63) is 94.4 Å². The van der Waals surface area contributed by atoms with E-state index in [0.717, 1.165) is 31.4 Å². The van der Waals surface area contributed by atoms with Gasteiger partial charge in [0.1, 0.15) is 11.6 Å². The molecule has 1 amide bonds. The van der Waals surface area contributed by atoms with Gasteiger partial charge in [0.2, 0.25) is 5.91 Å². The van der Waals surface area contributed by atoms with E-state index in [-0.39, 0.29) is 11.5 Å². The Morgan fingerprint density at radius 3 is 2.39 bits per heavy atom. The van der Waals surface area contributed by atoms with E-state index in [4.69, 9.17) is 9.40 Å². The highest BCUT2D eigenvalue weighted by Crippen LogP contribution is 2.29. The number of hydrogen-bond acceptors (Lipinski definition) is 4. The molecule has 0 fully saturated rings. The number of aryl methyl sites for hydroxylation is 1. The van der Waals surface area contributed by atoms with Crippen LogP contribution in [0.1, 0.15) is 88.9 Å². The van der Waals surface area contributed by atoms with Gasteiger partial charge in [0.15, 0.2) is 0 Å². The van der Waals surface area contributed by atoms with Crippen LogP contribution in [-0.4, -0.2) is 20.4 Å². The molecule has 0 saturated heterocycles. The van der Waals surface area contributed by atoms with E-state index in [9.17, 15) is 9.59 Å². The smallest absolute Gasteiger partial charge is 0.266 e. The number of carbonyl (C=O) groups is 1. The Labute approximate surface area is 225 Å². The molecule has 0 radical (unpaired) electrons. The molecule has 0 saturated carbocycles. The van der Waals surface area contributed by atoms with Crippen molar-refractivity contribution in [3.63, 3.8) is 0 Å². The molecule has 0 aliphatic carbocycles. The van der Waals surface area contributed by atoms with Crippen LogP contribution in [0.4, 0.5) is 0 Å². The SMILES string of the molecule is CCCCCCCC(=O)N(Cc1ccco1)C(CC)c1nc2ccccc2c(=O)n1-c1ccc(CC)cc1. The number of rotatable bonds is 13. The topological polar surface area (TPSA) is 68.3 Å². The maximum Gasteiger partial charge on any atom is 0.266 e. The van der Waals surface area contributed by atoms with Crippen LogP contribution in [0.25, 0.3) is 16.6 Å². The fraction of sp³-hybridized carbons (Fsp3) is 0.406. The van der Waals surface area contributed by atoms with Gasteiger partial charge < -0.3 is 9.32 Å². The van der Waals surface area contributed by atoms with E-state index in [1.54, 1.807) is 10.8 Å². The molecule has 0 aliphatic heterocycles. The molecule has 0 bridgehead atoms. The van der Waals surface area contributed by atoms with E-state index in [1.807, 2.05) is 72.5 Å². The van der Waals surface area contributed by atoms with E-state index in [1.165, 1.54) is 18.4 Å². The van der Waals surface area contributed by atoms with Gasteiger partial charge in [-0.1, -0.05) is 70.7 Å². The van der Waals surface area contributed by atoms with Crippen LogP contribution in [0, 0.1) is 0 Å². The molecule has 0 spiro atoms. The number of benzene rings is 2. The molecule has 38 heavy (non-hydrogen) atoms. The number of para-hydroxylation sites is 1. The van der Waals surface area contributed by atoms with Gasteiger partial charge in [0, 0.05) is 6.42 Å². The molecule has 2 aromatic carbocycles. The lowest BCUT2D eigenvalue weighted by Crippen LogP contribution is -2.38. The highest BCUT2D eigenvalue weighted by atomic mass is 16.3. The molecule has 200 valence electrons. The third-order valence-electron chi connectivity index (χ3n) is 7.19. The Bertz CT molecular complexity index is 1370. The van der Waals surface area contributed by atoms with Crippen molar-refractivity contribution in [2.24, 2.45) is 0 Å². The number of nitrogens with zero attached hydrogens (tertiary/aromatic N) is 3. The second-order valence-electron chi connectivity index (χ2n) is 9.84. The summed E-state index contributed by atoms with van der Waals surface area (Å²) in [5, 5.41) is 0.561. The van der Waals surface area contributed by atoms with Crippen LogP contribution in [0.5, 0.6) is 0 Å². The predicted octanol–water partition coefficient (Wildman–Crippen LogP) is 7.38. The number of amides is 1. The number of furan rings is 1. The standard InChI is InChI=1S/C32H39N3O3/c1-4-7-8-9-10-17-30(36)34(23-26-14-13-22-38-26)29(6-3)31-33-28-16-12-11-15-27(28)32(37)35(31)25-20-18-24(5-2)19-21-25/h11-16,18-22,29H,4-10,17,23H2,1-3H3. The van der Waals surface area contributed by atoms with Gasteiger partial charge in [-0.2, -0.15) is 0 Å². The van der Waals surface area contributed by atoms with Crippen molar-refractivity contribution in [2.75, 3.05) is 0 Å². The summed E-state index contributed by atoms with van der Waals surface area (Å²) in [5.74, 6) is 1.34. The Morgan fingerprint density at radius 1 is 0.947 bits per heavy atom. The molecular weight excluding hydrogens is 474 g/mol. The largest absolute Gasteiger partial charge is 0.467 e. The normalized spacial score (nSPS) is 12.1. The van der Waals surface area contributed by atoms with Gasteiger partial charge in [-0.3, -0.25) is 14.2 Å². The van der Waals surface area contributed by atoms with Crippen LogP contribution < -0.4 is 5.56 Å². The Balaban J connectivity index is 1.80. The maximum atomic E-state index is 13.9. The predicted molar refractivity (Wildman–Crippen MR) is 152 cm³/mol. The summed E-state index contributed by atoms with van der Waals surface area (Å²) >= 11 is 0. The molecule has 1 atom stereocenters. The second kappa shape index (κ2) is 13.2. The fourth-order valence-corrected chi connectivity index (χ4v) is 5.01. The molecule has 4 rings (SSSR count). The van der Waals surface area contributed by atoms with Crippen molar-refractivity contribution in [2.45, 2.75) is 84.7 Å². The summed E-state index contributed by atoms with van der Waals surface area (Å²) in [4.78, 5) is 34.5. The van der Waals surface area contributed by atoms with Gasteiger partial charge in [-0.25, -0.2) is 4.98 Å². The summed E-state index contributed by atoms with van der Waals surface area (Å²) in [6, 6.07) is 18.8. The number of fused-ring (bicyclic) bond motifs is 1. The van der Waals surface area contributed by atoms with Crippen molar-refractivity contribution >= 4 is 16.8 Å². The lowest BCUT2D eigenvalue weighted by molar-refractivity contribution is -0.135. The first-order chi connectivity index (χ1) is 18.6. The van der Waals surface area contributed by atoms with Crippen molar-refractivity contribution in [1.29, 1.82) is 0 Å². The van der Waals surface area contributed by atoms with Gasteiger partial charge >= 0.3 is 0 Å². The van der Waals surface area contributed by atoms with Crippen molar-refractivity contribution in [1.82, 2.24) is 14.5 Å². The fourth-order valence-electron chi connectivity index (χ4n) is 5.01. The lowest BCUT2D eigenvalue weighted by Gasteiger charge is -2.32. The van der Waals surface area contributed by atoms with Gasteiger partial charge in [0.25, 0.3) is 5.56 Å². The average molecular weight is 514 g/mol. The minimum Gasteiger partial charge on any atom is -0.467 e. The summed E-state index contributed by atoms with van der Waals surface area (Å²) < 4.78 is 7.35. The number of unbranched alkanes of at least 4 members (excludes halogenated alkanes) is 4. The van der Waals surface area contributed by atoms with Gasteiger partial charge in [-0.15, -0.1) is 0 Å². The minimum absolute atomic E-state index is 0.0556. The van der Waals surface area contributed by atoms with Crippen LogP contribution in [0.3, 0.4) is 0 Å². The summed E-state index contributed by atoms with van der Waals surface area (Å²) in [6.45, 7) is 6.67. The van der Waals surface area contributed by atoms with Crippen LogP contribution in [-0.2, 0) is 17.8 Å². The first kappa shape index (κ1) is 27.4. The average Bonchev–Trinajstić information content (AvgIpc) is 3.46. The number of carbonyl (C=O) groups excluding carboxylic acids is 1. The Hall–Kier alpha value is -3.67. The molecule has 1 unspecified atom stereocenters. The summed E-state index contributed by atoms with van der Waals surface area (Å²) in [5.41, 5.74) is 2.46. The van der Waals surface area contributed by atoms with E-state index in [2.05, 4.69) is 13.8 Å². The van der Waals surface area contributed by atoms with Crippen LogP contribution >= 0.6 is 0 Å². The Morgan fingerprint density at radius 2 is 1.71 bits per heavy atom. The third kappa shape index (κ3) is 6.24. The van der Waals surface area contributed by atoms with E-state index in [0.29, 0.717) is 41.9 Å². The molecule has 6 nitrogen and oxygen atoms in total. The monoisotopic (exact) mass is 513 g/mol. The zero-order chi connectivity index (χ0) is 26.9. The third-order valence-corrected chi connectivity index (χ3v) is 7.19. The van der Waals surface area contributed by atoms with E-state index >= 15 is 0 Å². The molecular formula is C32H39N3O3. The molecule has 2 aromatic heterocycles. The quantitative estimate of drug-likeness (QED) is 0.175. The highest BCUT2D eigenvalue weighted by Gasteiger charge is 2.29. The summed E-state index contributed by atoms with van der Waals surface area (Å²) in [7, 11) is 0. The number of aromatic nitrogens is 2. The molecule has 0 N–H and O–H groups in total. The highest BCUT2D eigenvalue weighted by molar-refractivity contribution is 5.79. The van der Waals surface area contributed by atoms with Crippen LogP contribution in [0.2, 0.25) is 0 Å². The maximum absolute atomic E-state index is 13.9. The molecule has 0 aliphatic rings. The second-order valence-corrected chi connectivity index (χ2v) is 9.84. The first-order valence-electron chi connectivity index (χ1n) is 14.0. The van der Waals surface area contributed by atoms with Crippen LogP contribution in [0.15, 0.2) is 76.1 Å². The molecule has 4 aromatic rings. The zero-order valence-corrected chi connectivity index (χ0v) is 22.9. The Kier molecular flexibility index (Phi) is 9.52. The number of hydrogen-bond donors (Lipinski definition) is 0. The molecule has 2 heterocycles. The van der Waals surface area contributed by atoms with Gasteiger partial charge in [-0.05, 0) is 61.2 Å². The van der Waals surface area contributed by atoms with Crippen molar-refractivity contribution in [3.8, 4) is 5.69 Å². The first-order valence-corrected chi connectivity index (χ1v) is 14.0. The van der Waals surface area contributed by atoms with E-state index < -0.39 is 6.04 Å². The van der Waals surface area contributed by atoms with Crippen molar-refractivity contribution < 1.29 is 9.21 Å². The lowest BCUT2D eigenvalue weighted by atomic mass is 10.1. The zero-order valence-electron chi connectivity index (χ0n) is 22.9.